The molecule has 2 heterocycles. The summed E-state index contributed by atoms with van der Waals surface area (Å²) in [6.07, 6.45) is 3.04. The minimum atomic E-state index is -0.423. The number of benzene rings is 1. The molecule has 0 saturated heterocycles. The molecular formula is C16H14N6O2. The summed E-state index contributed by atoms with van der Waals surface area (Å²) in [5, 5.41) is 19.7. The molecule has 0 atom stereocenters. The summed E-state index contributed by atoms with van der Waals surface area (Å²) in [4.78, 5) is 12.2. The molecule has 3 rings (SSSR count). The van der Waals surface area contributed by atoms with Crippen LogP contribution in [-0.2, 0) is 13.8 Å². The smallest absolute Gasteiger partial charge is 0.277 e. The topological polar surface area (TPSA) is 97.8 Å². The first kappa shape index (κ1) is 15.3. The van der Waals surface area contributed by atoms with Gasteiger partial charge in [-0.15, -0.1) is 0 Å². The third-order valence-corrected chi connectivity index (χ3v) is 3.27. The Morgan fingerprint density at radius 3 is 2.88 bits per heavy atom. The number of carbonyl (C=O) groups excluding carboxylic acids is 1. The average Bonchev–Trinajstić information content (AvgIpc) is 3.21. The van der Waals surface area contributed by atoms with Crippen LogP contribution in [0.3, 0.4) is 0 Å². The van der Waals surface area contributed by atoms with Crippen LogP contribution in [0.25, 0.3) is 0 Å². The van der Waals surface area contributed by atoms with Gasteiger partial charge in [0.05, 0.1) is 6.20 Å². The number of ether oxygens (including phenoxy) is 1. The Bertz CT molecular complexity index is 891. The van der Waals surface area contributed by atoms with Crippen LogP contribution in [0.15, 0.2) is 48.8 Å². The molecule has 1 amide bonds. The van der Waals surface area contributed by atoms with E-state index in [2.05, 4.69) is 15.5 Å². The summed E-state index contributed by atoms with van der Waals surface area (Å²) in [6, 6.07) is 12.9. The van der Waals surface area contributed by atoms with Crippen molar-refractivity contribution in [3.63, 3.8) is 0 Å². The fraction of sp³-hybridized carbons (Fsp3) is 0.125. The van der Waals surface area contributed by atoms with Crippen molar-refractivity contribution in [1.82, 2.24) is 19.6 Å². The van der Waals surface area contributed by atoms with Gasteiger partial charge < -0.3 is 10.1 Å². The fourth-order valence-corrected chi connectivity index (χ4v) is 2.05. The quantitative estimate of drug-likeness (QED) is 0.772. The van der Waals surface area contributed by atoms with Gasteiger partial charge in [0.2, 0.25) is 0 Å². The molecule has 120 valence electrons. The summed E-state index contributed by atoms with van der Waals surface area (Å²) in [6.45, 7) is 0.187. The summed E-state index contributed by atoms with van der Waals surface area (Å²) < 4.78 is 8.49. The molecule has 2 aromatic heterocycles. The first-order valence-corrected chi connectivity index (χ1v) is 7.12. The van der Waals surface area contributed by atoms with E-state index in [1.165, 1.54) is 15.6 Å². The number of nitriles is 1. The van der Waals surface area contributed by atoms with Crippen molar-refractivity contribution in [3.05, 3.63) is 60.0 Å². The molecule has 24 heavy (non-hydrogen) atoms. The first-order valence-electron chi connectivity index (χ1n) is 7.12. The van der Waals surface area contributed by atoms with Gasteiger partial charge in [0.15, 0.2) is 12.4 Å². The standard InChI is InChI=1S/C16H14N6O2/c1-21-15(12(9-17)10-18-21)19-16(23)14-7-8-22(20-14)11-24-13-5-3-2-4-6-13/h2-8,10H,11H2,1H3,(H,19,23). The predicted molar refractivity (Wildman–Crippen MR) is 85.2 cm³/mol. The van der Waals surface area contributed by atoms with Gasteiger partial charge in [0.25, 0.3) is 5.91 Å². The van der Waals surface area contributed by atoms with Crippen LogP contribution in [0.4, 0.5) is 5.82 Å². The number of amides is 1. The number of para-hydroxylation sites is 1. The Morgan fingerprint density at radius 1 is 1.33 bits per heavy atom. The summed E-state index contributed by atoms with van der Waals surface area (Å²) in [5.74, 6) is 0.624. The SMILES string of the molecule is Cn1ncc(C#N)c1NC(=O)c1ccn(COc2ccccc2)n1. The Kier molecular flexibility index (Phi) is 4.25. The van der Waals surface area contributed by atoms with Crippen LogP contribution >= 0.6 is 0 Å². The van der Waals surface area contributed by atoms with Gasteiger partial charge in [-0.1, -0.05) is 18.2 Å². The van der Waals surface area contributed by atoms with Gasteiger partial charge in [-0.2, -0.15) is 15.5 Å². The molecule has 0 radical (unpaired) electrons. The van der Waals surface area contributed by atoms with E-state index >= 15 is 0 Å². The molecule has 3 aromatic rings. The van der Waals surface area contributed by atoms with Crippen LogP contribution < -0.4 is 10.1 Å². The zero-order valence-electron chi connectivity index (χ0n) is 12.9. The van der Waals surface area contributed by atoms with Crippen molar-refractivity contribution in [2.45, 2.75) is 6.73 Å². The van der Waals surface area contributed by atoms with Gasteiger partial charge in [-0.25, -0.2) is 4.68 Å². The lowest BCUT2D eigenvalue weighted by atomic mass is 10.3. The zero-order chi connectivity index (χ0) is 16.9. The van der Waals surface area contributed by atoms with Crippen LogP contribution in [0.1, 0.15) is 16.1 Å². The van der Waals surface area contributed by atoms with Crippen LogP contribution in [0.2, 0.25) is 0 Å². The van der Waals surface area contributed by atoms with Crippen LogP contribution in [-0.4, -0.2) is 25.5 Å². The van der Waals surface area contributed by atoms with E-state index in [-0.39, 0.29) is 18.0 Å². The van der Waals surface area contributed by atoms with Crippen molar-refractivity contribution in [3.8, 4) is 11.8 Å². The molecule has 0 bridgehead atoms. The molecule has 0 spiro atoms. The number of aromatic nitrogens is 4. The number of nitrogens with zero attached hydrogens (tertiary/aromatic N) is 5. The number of carbonyl (C=O) groups is 1. The molecule has 8 heteroatoms. The minimum absolute atomic E-state index is 0.187. The van der Waals surface area contributed by atoms with Gasteiger partial charge in [0, 0.05) is 13.2 Å². The summed E-state index contributed by atoms with van der Waals surface area (Å²) in [5.41, 5.74) is 0.509. The van der Waals surface area contributed by atoms with Gasteiger partial charge in [-0.05, 0) is 18.2 Å². The number of hydrogen-bond acceptors (Lipinski definition) is 5. The second-order valence-electron chi connectivity index (χ2n) is 4.92. The van der Waals surface area contributed by atoms with E-state index in [1.807, 2.05) is 36.4 Å². The van der Waals surface area contributed by atoms with Gasteiger partial charge in [0.1, 0.15) is 23.2 Å². The lowest BCUT2D eigenvalue weighted by Crippen LogP contribution is -2.17. The summed E-state index contributed by atoms with van der Waals surface area (Å²) in [7, 11) is 1.64. The molecule has 0 aliphatic rings. The lowest BCUT2D eigenvalue weighted by molar-refractivity contribution is 0.101. The van der Waals surface area contributed by atoms with Crippen molar-refractivity contribution >= 4 is 11.7 Å². The highest BCUT2D eigenvalue weighted by atomic mass is 16.5. The molecular weight excluding hydrogens is 308 g/mol. The fourth-order valence-electron chi connectivity index (χ4n) is 2.05. The number of nitrogens with one attached hydrogen (secondary N) is 1. The van der Waals surface area contributed by atoms with E-state index in [0.717, 1.165) is 0 Å². The molecule has 0 fully saturated rings. The largest absolute Gasteiger partial charge is 0.471 e. The zero-order valence-corrected chi connectivity index (χ0v) is 12.9. The Balaban J connectivity index is 1.65. The predicted octanol–water partition coefficient (Wildman–Crippen LogP) is 1.78. The Hall–Kier alpha value is -3.60. The third kappa shape index (κ3) is 3.25. The first-order chi connectivity index (χ1) is 11.7. The molecule has 1 N–H and O–H groups in total. The number of aryl methyl sites for hydroxylation is 1. The maximum absolute atomic E-state index is 12.2. The second kappa shape index (κ2) is 6.66. The van der Waals surface area contributed by atoms with Crippen molar-refractivity contribution in [2.75, 3.05) is 5.32 Å². The lowest BCUT2D eigenvalue weighted by Gasteiger charge is -2.06. The minimum Gasteiger partial charge on any atom is -0.471 e. The summed E-state index contributed by atoms with van der Waals surface area (Å²) >= 11 is 0. The second-order valence-corrected chi connectivity index (χ2v) is 4.92. The van der Waals surface area contributed by atoms with Crippen molar-refractivity contribution < 1.29 is 9.53 Å². The molecule has 1 aromatic carbocycles. The third-order valence-electron chi connectivity index (χ3n) is 3.27. The maximum Gasteiger partial charge on any atom is 0.277 e. The molecule has 0 unspecified atom stereocenters. The van der Waals surface area contributed by atoms with Gasteiger partial charge >= 0.3 is 0 Å². The number of hydrogen-bond donors (Lipinski definition) is 1. The number of rotatable bonds is 5. The van der Waals surface area contributed by atoms with E-state index in [1.54, 1.807) is 19.3 Å². The van der Waals surface area contributed by atoms with E-state index < -0.39 is 5.91 Å². The highest BCUT2D eigenvalue weighted by Crippen LogP contribution is 2.14. The van der Waals surface area contributed by atoms with Crippen molar-refractivity contribution in [1.29, 1.82) is 5.26 Å². The van der Waals surface area contributed by atoms with E-state index in [4.69, 9.17) is 10.00 Å². The Morgan fingerprint density at radius 2 is 2.12 bits per heavy atom. The number of anilines is 1. The molecule has 0 saturated carbocycles. The maximum atomic E-state index is 12.2. The van der Waals surface area contributed by atoms with Crippen molar-refractivity contribution in [2.24, 2.45) is 7.05 Å². The molecule has 8 nitrogen and oxygen atoms in total. The van der Waals surface area contributed by atoms with E-state index in [9.17, 15) is 4.79 Å². The Labute approximate surface area is 137 Å². The van der Waals surface area contributed by atoms with E-state index in [0.29, 0.717) is 11.6 Å². The van der Waals surface area contributed by atoms with Crippen LogP contribution in [0, 0.1) is 11.3 Å². The molecule has 0 aliphatic carbocycles. The monoisotopic (exact) mass is 322 g/mol. The normalized spacial score (nSPS) is 10.2. The average molecular weight is 322 g/mol. The highest BCUT2D eigenvalue weighted by molar-refractivity contribution is 6.02. The molecule has 0 aliphatic heterocycles. The highest BCUT2D eigenvalue weighted by Gasteiger charge is 2.15. The van der Waals surface area contributed by atoms with Crippen LogP contribution in [0.5, 0.6) is 5.75 Å². The van der Waals surface area contributed by atoms with Gasteiger partial charge in [-0.3, -0.25) is 9.48 Å².